The van der Waals surface area contributed by atoms with Gasteiger partial charge in [0.1, 0.15) is 11.3 Å². The van der Waals surface area contributed by atoms with E-state index >= 15 is 0 Å². The molecular formula is C33H31N3O2. The van der Waals surface area contributed by atoms with E-state index in [2.05, 4.69) is 81.1 Å². The molecule has 190 valence electrons. The highest BCUT2D eigenvalue weighted by Crippen LogP contribution is 2.52. The van der Waals surface area contributed by atoms with Crippen molar-refractivity contribution >= 4 is 28.1 Å². The minimum Gasteiger partial charge on any atom is -0.503 e. The van der Waals surface area contributed by atoms with Gasteiger partial charge in [0.2, 0.25) is 0 Å². The first kappa shape index (κ1) is 24.0. The third kappa shape index (κ3) is 3.61. The van der Waals surface area contributed by atoms with Crippen LogP contribution in [0.4, 0.5) is 17.2 Å². The van der Waals surface area contributed by atoms with E-state index in [1.54, 1.807) is 7.11 Å². The van der Waals surface area contributed by atoms with Crippen LogP contribution in [0.3, 0.4) is 0 Å². The highest BCUT2D eigenvalue weighted by atomic mass is 16.5. The van der Waals surface area contributed by atoms with E-state index in [1.165, 1.54) is 11.1 Å². The summed E-state index contributed by atoms with van der Waals surface area (Å²) in [5.41, 5.74) is 7.89. The van der Waals surface area contributed by atoms with E-state index in [0.29, 0.717) is 11.3 Å². The molecule has 3 aromatic carbocycles. The zero-order chi connectivity index (χ0) is 26.6. The highest BCUT2D eigenvalue weighted by molar-refractivity contribution is 5.93. The predicted molar refractivity (Wildman–Crippen MR) is 154 cm³/mol. The standard InChI is InChI=1S/C33H31N3O2/c1-20(2)23-19-29(38-5)32(37)31-22(23)14-16-26(35-31)21-13-15-25-28(18-21)36(30-12-8-9-17-34-30)27-11-7-6-10-24(27)33(25,3)4/h6-20,37H,1-5H3. The Kier molecular flexibility index (Phi) is 5.60. The average Bonchev–Trinajstić information content (AvgIpc) is 2.93. The molecule has 0 fully saturated rings. The summed E-state index contributed by atoms with van der Waals surface area (Å²) in [6.45, 7) is 8.81. The molecule has 5 heteroatoms. The summed E-state index contributed by atoms with van der Waals surface area (Å²) in [7, 11) is 1.57. The maximum absolute atomic E-state index is 11.0. The quantitative estimate of drug-likeness (QED) is 0.269. The molecule has 0 saturated carbocycles. The molecule has 0 saturated heterocycles. The number of phenols is 1. The number of ether oxygens (including phenoxy) is 1. The third-order valence-electron chi connectivity index (χ3n) is 7.70. The Bertz CT molecular complexity index is 1680. The van der Waals surface area contributed by atoms with E-state index in [4.69, 9.17) is 14.7 Å². The lowest BCUT2D eigenvalue weighted by atomic mass is 9.73. The largest absolute Gasteiger partial charge is 0.503 e. The van der Waals surface area contributed by atoms with Crippen LogP contribution in [0.25, 0.3) is 22.2 Å². The van der Waals surface area contributed by atoms with Gasteiger partial charge in [-0.05, 0) is 59.0 Å². The molecule has 5 nitrogen and oxygen atoms in total. The van der Waals surface area contributed by atoms with Crippen LogP contribution in [0.15, 0.2) is 85.1 Å². The molecule has 0 aliphatic carbocycles. The average molecular weight is 502 g/mol. The number of pyridine rings is 2. The van der Waals surface area contributed by atoms with Crippen molar-refractivity contribution in [3.63, 3.8) is 0 Å². The van der Waals surface area contributed by atoms with Gasteiger partial charge in [0, 0.05) is 22.6 Å². The molecule has 0 atom stereocenters. The van der Waals surface area contributed by atoms with Gasteiger partial charge < -0.3 is 9.84 Å². The van der Waals surface area contributed by atoms with E-state index in [-0.39, 0.29) is 17.1 Å². The molecule has 0 bridgehead atoms. The van der Waals surface area contributed by atoms with Crippen molar-refractivity contribution in [2.45, 2.75) is 39.0 Å². The fraction of sp³-hybridized carbons (Fsp3) is 0.212. The maximum atomic E-state index is 11.0. The summed E-state index contributed by atoms with van der Waals surface area (Å²) in [4.78, 5) is 11.9. The molecular weight excluding hydrogens is 470 g/mol. The summed E-state index contributed by atoms with van der Waals surface area (Å²) >= 11 is 0. The molecule has 0 amide bonds. The smallest absolute Gasteiger partial charge is 0.184 e. The van der Waals surface area contributed by atoms with Crippen LogP contribution < -0.4 is 9.64 Å². The summed E-state index contributed by atoms with van der Waals surface area (Å²) in [5, 5.41) is 11.9. The number of hydrogen-bond donors (Lipinski definition) is 1. The van der Waals surface area contributed by atoms with Crippen LogP contribution >= 0.6 is 0 Å². The Morgan fingerprint density at radius 2 is 1.63 bits per heavy atom. The van der Waals surface area contributed by atoms with Crippen LogP contribution in [0.5, 0.6) is 11.5 Å². The Morgan fingerprint density at radius 1 is 0.868 bits per heavy atom. The maximum Gasteiger partial charge on any atom is 0.184 e. The number of para-hydroxylation sites is 1. The lowest BCUT2D eigenvalue weighted by Gasteiger charge is -2.41. The van der Waals surface area contributed by atoms with Gasteiger partial charge in [-0.15, -0.1) is 0 Å². The number of benzene rings is 3. The molecule has 38 heavy (non-hydrogen) atoms. The van der Waals surface area contributed by atoms with Gasteiger partial charge in [-0.25, -0.2) is 9.97 Å². The van der Waals surface area contributed by atoms with Crippen molar-refractivity contribution < 1.29 is 9.84 Å². The normalized spacial score (nSPS) is 13.9. The molecule has 1 aliphatic rings. The molecule has 6 rings (SSSR count). The number of nitrogens with zero attached hydrogens (tertiary/aromatic N) is 3. The molecule has 1 aliphatic heterocycles. The van der Waals surface area contributed by atoms with Crippen molar-refractivity contribution in [2.75, 3.05) is 12.0 Å². The number of methoxy groups -OCH3 is 1. The number of aromatic hydroxyl groups is 1. The van der Waals surface area contributed by atoms with Crippen molar-refractivity contribution in [3.8, 4) is 22.8 Å². The number of phenolic OH excluding ortho intramolecular Hbond substituents is 1. The van der Waals surface area contributed by atoms with E-state index in [1.807, 2.05) is 36.5 Å². The van der Waals surface area contributed by atoms with Gasteiger partial charge in [0.15, 0.2) is 11.5 Å². The minimum atomic E-state index is -0.190. The first-order valence-corrected chi connectivity index (χ1v) is 13.0. The Morgan fingerprint density at radius 3 is 2.37 bits per heavy atom. The Balaban J connectivity index is 1.58. The summed E-state index contributed by atoms with van der Waals surface area (Å²) in [6.07, 6.45) is 1.83. The number of fused-ring (bicyclic) bond motifs is 3. The van der Waals surface area contributed by atoms with Gasteiger partial charge in [-0.2, -0.15) is 0 Å². The van der Waals surface area contributed by atoms with Gasteiger partial charge in [0.25, 0.3) is 0 Å². The lowest BCUT2D eigenvalue weighted by Crippen LogP contribution is -2.30. The van der Waals surface area contributed by atoms with Crippen molar-refractivity contribution in [1.29, 1.82) is 0 Å². The minimum absolute atomic E-state index is 0.0666. The van der Waals surface area contributed by atoms with Crippen molar-refractivity contribution in [3.05, 3.63) is 102 Å². The Hall–Kier alpha value is -4.38. The molecule has 2 aromatic heterocycles. The summed E-state index contributed by atoms with van der Waals surface area (Å²) in [6, 6.07) is 27.1. The van der Waals surface area contributed by atoms with Crippen molar-refractivity contribution in [2.24, 2.45) is 0 Å². The number of hydrogen-bond acceptors (Lipinski definition) is 5. The van der Waals surface area contributed by atoms with Crippen LogP contribution in [0.1, 0.15) is 50.3 Å². The molecule has 0 spiro atoms. The molecule has 1 N–H and O–H groups in total. The van der Waals surface area contributed by atoms with Crippen LogP contribution in [0.2, 0.25) is 0 Å². The fourth-order valence-corrected chi connectivity index (χ4v) is 5.68. The van der Waals surface area contributed by atoms with Gasteiger partial charge in [-0.3, -0.25) is 4.90 Å². The van der Waals surface area contributed by atoms with Crippen LogP contribution in [-0.4, -0.2) is 22.2 Å². The van der Waals surface area contributed by atoms with Crippen molar-refractivity contribution in [1.82, 2.24) is 9.97 Å². The van der Waals surface area contributed by atoms with E-state index in [9.17, 15) is 5.11 Å². The second-order valence-corrected chi connectivity index (χ2v) is 10.7. The number of rotatable bonds is 4. The zero-order valence-electron chi connectivity index (χ0n) is 22.4. The second-order valence-electron chi connectivity index (χ2n) is 10.7. The summed E-state index contributed by atoms with van der Waals surface area (Å²) < 4.78 is 5.48. The SMILES string of the molecule is COc1cc(C(C)C)c2ccc(-c3ccc4c(c3)N(c3ccccn3)c3ccccc3C4(C)C)nc2c1O. The first-order chi connectivity index (χ1) is 18.3. The fourth-order valence-electron chi connectivity index (χ4n) is 5.68. The van der Waals surface area contributed by atoms with Gasteiger partial charge in [0.05, 0.1) is 24.2 Å². The predicted octanol–water partition coefficient (Wildman–Crippen LogP) is 8.24. The molecule has 5 aromatic rings. The Labute approximate surface area is 223 Å². The third-order valence-corrected chi connectivity index (χ3v) is 7.70. The lowest BCUT2D eigenvalue weighted by molar-refractivity contribution is 0.375. The molecule has 0 radical (unpaired) electrons. The van der Waals surface area contributed by atoms with E-state index < -0.39 is 0 Å². The molecule has 3 heterocycles. The monoisotopic (exact) mass is 501 g/mol. The first-order valence-electron chi connectivity index (χ1n) is 13.0. The number of aromatic nitrogens is 2. The zero-order valence-corrected chi connectivity index (χ0v) is 22.4. The van der Waals surface area contributed by atoms with Gasteiger partial charge in [-0.1, -0.05) is 70.2 Å². The second kappa shape index (κ2) is 8.88. The van der Waals surface area contributed by atoms with Gasteiger partial charge >= 0.3 is 0 Å². The molecule has 0 unspecified atom stereocenters. The summed E-state index contributed by atoms with van der Waals surface area (Å²) in [5.74, 6) is 1.63. The van der Waals surface area contributed by atoms with E-state index in [0.717, 1.165) is 39.4 Å². The van der Waals surface area contributed by atoms with Crippen LogP contribution in [0, 0.1) is 0 Å². The topological polar surface area (TPSA) is 58.5 Å². The number of anilines is 3. The van der Waals surface area contributed by atoms with Crippen LogP contribution in [-0.2, 0) is 5.41 Å². The highest BCUT2D eigenvalue weighted by Gasteiger charge is 2.37.